The summed E-state index contributed by atoms with van der Waals surface area (Å²) in [7, 11) is 2.13. The molecular weight excluding hydrogens is 317 g/mol. The zero-order valence-corrected chi connectivity index (χ0v) is 15.2. The molecule has 1 aromatic carbocycles. The van der Waals surface area contributed by atoms with Crippen LogP contribution in [0, 0.1) is 11.7 Å². The highest BCUT2D eigenvalue weighted by atomic mass is 19.1. The lowest BCUT2D eigenvalue weighted by Crippen LogP contribution is -2.40. The van der Waals surface area contributed by atoms with E-state index in [1.54, 1.807) is 24.4 Å². The van der Waals surface area contributed by atoms with Gasteiger partial charge in [-0.2, -0.15) is 0 Å². The molecule has 0 saturated carbocycles. The van der Waals surface area contributed by atoms with Gasteiger partial charge in [0.1, 0.15) is 5.82 Å². The molecule has 1 fully saturated rings. The lowest BCUT2D eigenvalue weighted by molar-refractivity contribution is 0.0920. The van der Waals surface area contributed by atoms with Crippen LogP contribution < -0.4 is 0 Å². The molecule has 0 amide bonds. The van der Waals surface area contributed by atoms with Crippen LogP contribution in [-0.2, 0) is 6.54 Å². The summed E-state index contributed by atoms with van der Waals surface area (Å²) in [5.74, 6) is 0.468. The fourth-order valence-corrected chi connectivity index (χ4v) is 3.85. The standard InChI is InChI=1S/C20H28FN3O/c1-15(25)12-24-10-7-16(8-11-24)13-23(2)14-17-5-6-19(21)18-4-3-9-22-20(17)18/h3-6,9,15-16,25H,7-8,10-14H2,1-2H3/t15-/m1/s1. The number of hydrogen-bond acceptors (Lipinski definition) is 4. The van der Waals surface area contributed by atoms with E-state index in [0.717, 1.165) is 43.8 Å². The maximum absolute atomic E-state index is 13.9. The number of likely N-dealkylation sites (tertiary alicyclic amines) is 1. The van der Waals surface area contributed by atoms with E-state index in [1.165, 1.54) is 12.8 Å². The van der Waals surface area contributed by atoms with Gasteiger partial charge in [-0.15, -0.1) is 0 Å². The number of fused-ring (bicyclic) bond motifs is 1. The minimum atomic E-state index is -0.251. The van der Waals surface area contributed by atoms with Crippen molar-refractivity contribution < 1.29 is 9.50 Å². The molecule has 2 aromatic rings. The maximum Gasteiger partial charge on any atom is 0.132 e. The number of rotatable bonds is 6. The second kappa shape index (κ2) is 8.21. The van der Waals surface area contributed by atoms with Crippen molar-refractivity contribution in [1.82, 2.24) is 14.8 Å². The molecule has 1 aromatic heterocycles. The molecule has 4 nitrogen and oxygen atoms in total. The van der Waals surface area contributed by atoms with Gasteiger partial charge in [0, 0.05) is 31.2 Å². The number of benzene rings is 1. The van der Waals surface area contributed by atoms with Gasteiger partial charge in [0.2, 0.25) is 0 Å². The fourth-order valence-electron chi connectivity index (χ4n) is 3.85. The molecular formula is C20H28FN3O. The zero-order valence-electron chi connectivity index (χ0n) is 15.2. The van der Waals surface area contributed by atoms with E-state index in [2.05, 4.69) is 21.8 Å². The minimum Gasteiger partial charge on any atom is -0.392 e. The Morgan fingerprint density at radius 3 is 2.80 bits per heavy atom. The Morgan fingerprint density at radius 1 is 1.32 bits per heavy atom. The second-order valence-corrected chi connectivity index (χ2v) is 7.40. The van der Waals surface area contributed by atoms with E-state index >= 15 is 0 Å². The van der Waals surface area contributed by atoms with Gasteiger partial charge in [0.15, 0.2) is 0 Å². The molecule has 0 radical (unpaired) electrons. The Morgan fingerprint density at radius 2 is 2.08 bits per heavy atom. The van der Waals surface area contributed by atoms with Gasteiger partial charge in [0.05, 0.1) is 11.6 Å². The molecule has 1 N–H and O–H groups in total. The topological polar surface area (TPSA) is 39.6 Å². The van der Waals surface area contributed by atoms with Crippen LogP contribution in [0.25, 0.3) is 10.9 Å². The number of hydrogen-bond donors (Lipinski definition) is 1. The summed E-state index contributed by atoms with van der Waals surface area (Å²) >= 11 is 0. The molecule has 2 heterocycles. The Hall–Kier alpha value is -1.56. The van der Waals surface area contributed by atoms with Crippen LogP contribution in [0.15, 0.2) is 30.5 Å². The molecule has 1 aliphatic heterocycles. The van der Waals surface area contributed by atoms with Crippen LogP contribution in [0.5, 0.6) is 0 Å². The van der Waals surface area contributed by atoms with Gasteiger partial charge >= 0.3 is 0 Å². The number of aliphatic hydroxyl groups excluding tert-OH is 1. The number of halogens is 1. The van der Waals surface area contributed by atoms with Crippen molar-refractivity contribution >= 4 is 10.9 Å². The van der Waals surface area contributed by atoms with E-state index < -0.39 is 0 Å². The Balaban J connectivity index is 1.57. The first-order valence-electron chi connectivity index (χ1n) is 9.14. The summed E-state index contributed by atoms with van der Waals surface area (Å²) < 4.78 is 13.9. The smallest absolute Gasteiger partial charge is 0.132 e. The average Bonchev–Trinajstić information content (AvgIpc) is 2.59. The molecule has 0 aliphatic carbocycles. The minimum absolute atomic E-state index is 0.208. The van der Waals surface area contributed by atoms with Crippen molar-refractivity contribution in [2.75, 3.05) is 33.2 Å². The predicted octanol–water partition coefficient (Wildman–Crippen LogP) is 2.90. The second-order valence-electron chi connectivity index (χ2n) is 7.40. The van der Waals surface area contributed by atoms with Gasteiger partial charge in [0.25, 0.3) is 0 Å². The molecule has 5 heteroatoms. The monoisotopic (exact) mass is 345 g/mol. The SMILES string of the molecule is C[C@@H](O)CN1CCC(CN(C)Cc2ccc(F)c3cccnc23)CC1. The Bertz CT molecular complexity index is 698. The Kier molecular flexibility index (Phi) is 5.99. The number of nitrogens with zero attached hydrogens (tertiary/aromatic N) is 3. The third-order valence-corrected chi connectivity index (χ3v) is 5.04. The van der Waals surface area contributed by atoms with Crippen molar-refractivity contribution in [2.45, 2.75) is 32.4 Å². The molecule has 1 aliphatic rings. The summed E-state index contributed by atoms with van der Waals surface area (Å²) in [6.45, 7) is 6.56. The number of β-amino-alcohol motifs (C(OH)–C–C–N with tert-alkyl or cyclic N) is 1. The first-order valence-corrected chi connectivity index (χ1v) is 9.14. The quantitative estimate of drug-likeness (QED) is 0.874. The number of aromatic nitrogens is 1. The maximum atomic E-state index is 13.9. The van der Waals surface area contributed by atoms with Crippen LogP contribution >= 0.6 is 0 Å². The van der Waals surface area contributed by atoms with Crippen molar-refractivity contribution in [3.8, 4) is 0 Å². The highest BCUT2D eigenvalue weighted by molar-refractivity contribution is 5.82. The van der Waals surface area contributed by atoms with Gasteiger partial charge in [-0.3, -0.25) is 4.98 Å². The fraction of sp³-hybridized carbons (Fsp3) is 0.550. The summed E-state index contributed by atoms with van der Waals surface area (Å²) in [5, 5.41) is 10.1. The molecule has 1 atom stereocenters. The lowest BCUT2D eigenvalue weighted by atomic mass is 9.96. The van der Waals surface area contributed by atoms with E-state index in [9.17, 15) is 9.50 Å². The third kappa shape index (κ3) is 4.75. The molecule has 0 bridgehead atoms. The van der Waals surface area contributed by atoms with E-state index in [1.807, 2.05) is 13.0 Å². The van der Waals surface area contributed by atoms with Gasteiger partial charge in [-0.1, -0.05) is 6.07 Å². The third-order valence-electron chi connectivity index (χ3n) is 5.04. The number of pyridine rings is 1. The predicted molar refractivity (Wildman–Crippen MR) is 98.9 cm³/mol. The summed E-state index contributed by atoms with van der Waals surface area (Å²) in [6, 6.07) is 6.97. The summed E-state index contributed by atoms with van der Waals surface area (Å²) in [4.78, 5) is 9.04. The van der Waals surface area contributed by atoms with Crippen LogP contribution in [0.2, 0.25) is 0 Å². The van der Waals surface area contributed by atoms with E-state index in [-0.39, 0.29) is 11.9 Å². The van der Waals surface area contributed by atoms with Crippen molar-refractivity contribution in [3.05, 3.63) is 41.8 Å². The molecule has 0 unspecified atom stereocenters. The molecule has 3 rings (SSSR count). The van der Waals surface area contributed by atoms with E-state index in [4.69, 9.17) is 0 Å². The lowest BCUT2D eigenvalue weighted by Gasteiger charge is -2.34. The van der Waals surface area contributed by atoms with Gasteiger partial charge in [-0.05, 0) is 69.6 Å². The first-order chi connectivity index (χ1) is 12.0. The zero-order chi connectivity index (χ0) is 17.8. The van der Waals surface area contributed by atoms with Crippen LogP contribution in [0.1, 0.15) is 25.3 Å². The van der Waals surface area contributed by atoms with Crippen molar-refractivity contribution in [3.63, 3.8) is 0 Å². The normalized spacial score (nSPS) is 18.1. The number of aliphatic hydroxyl groups is 1. The highest BCUT2D eigenvalue weighted by Crippen LogP contribution is 2.23. The van der Waals surface area contributed by atoms with Crippen molar-refractivity contribution in [2.24, 2.45) is 5.92 Å². The molecule has 0 spiro atoms. The average molecular weight is 345 g/mol. The Labute approximate surface area is 149 Å². The van der Waals surface area contributed by atoms with E-state index in [0.29, 0.717) is 11.3 Å². The summed E-state index contributed by atoms with van der Waals surface area (Å²) in [6.07, 6.45) is 3.81. The van der Waals surface area contributed by atoms with Crippen LogP contribution in [-0.4, -0.2) is 59.2 Å². The van der Waals surface area contributed by atoms with Crippen LogP contribution in [0.4, 0.5) is 4.39 Å². The largest absolute Gasteiger partial charge is 0.392 e. The number of piperidine rings is 1. The molecule has 1 saturated heterocycles. The van der Waals surface area contributed by atoms with Crippen LogP contribution in [0.3, 0.4) is 0 Å². The van der Waals surface area contributed by atoms with Gasteiger partial charge < -0.3 is 14.9 Å². The first kappa shape index (κ1) is 18.2. The highest BCUT2D eigenvalue weighted by Gasteiger charge is 2.21. The molecule has 136 valence electrons. The van der Waals surface area contributed by atoms with Crippen molar-refractivity contribution in [1.29, 1.82) is 0 Å². The summed E-state index contributed by atoms with van der Waals surface area (Å²) in [5.41, 5.74) is 1.84. The van der Waals surface area contributed by atoms with Gasteiger partial charge in [-0.25, -0.2) is 4.39 Å². The molecule has 25 heavy (non-hydrogen) atoms.